The van der Waals surface area contributed by atoms with E-state index in [1.807, 2.05) is 6.07 Å². The zero-order chi connectivity index (χ0) is 11.1. The van der Waals surface area contributed by atoms with Crippen LogP contribution in [0.2, 0.25) is 0 Å². The van der Waals surface area contributed by atoms with Crippen LogP contribution in [-0.2, 0) is 11.3 Å². The first-order valence-electron chi connectivity index (χ1n) is 5.87. The Morgan fingerprint density at radius 2 is 2.12 bits per heavy atom. The highest BCUT2D eigenvalue weighted by molar-refractivity contribution is 5.39. The van der Waals surface area contributed by atoms with E-state index in [0.717, 1.165) is 30.4 Å². The van der Waals surface area contributed by atoms with Gasteiger partial charge >= 0.3 is 0 Å². The first-order valence-corrected chi connectivity index (χ1v) is 5.87. The molecule has 1 aromatic carbocycles. The number of fused-ring (bicyclic) bond motifs is 3. The number of aromatic hydroxyl groups is 1. The summed E-state index contributed by atoms with van der Waals surface area (Å²) < 4.78 is 5.78. The van der Waals surface area contributed by atoms with E-state index < -0.39 is 0 Å². The van der Waals surface area contributed by atoms with Crippen LogP contribution in [0.1, 0.15) is 36.3 Å². The van der Waals surface area contributed by atoms with E-state index in [1.54, 1.807) is 12.1 Å². The van der Waals surface area contributed by atoms with Gasteiger partial charge in [0, 0.05) is 5.92 Å². The molecule has 1 heterocycles. The SMILES string of the molecule is Oc1ccc2c(c1)C1C(O)CCCC1OC2. The molecule has 1 aliphatic carbocycles. The Morgan fingerprint density at radius 3 is 3.00 bits per heavy atom. The highest BCUT2D eigenvalue weighted by atomic mass is 16.5. The number of benzene rings is 1. The number of aliphatic hydroxyl groups excluding tert-OH is 1. The third-order valence-electron chi connectivity index (χ3n) is 3.75. The minimum Gasteiger partial charge on any atom is -0.508 e. The van der Waals surface area contributed by atoms with E-state index in [0.29, 0.717) is 6.61 Å². The fraction of sp³-hybridized carbons (Fsp3) is 0.538. The molecule has 0 saturated heterocycles. The maximum atomic E-state index is 10.1. The lowest BCUT2D eigenvalue weighted by molar-refractivity contribution is -0.0553. The largest absolute Gasteiger partial charge is 0.508 e. The average Bonchev–Trinajstić information content (AvgIpc) is 2.28. The van der Waals surface area contributed by atoms with Crippen LogP contribution in [0.3, 0.4) is 0 Å². The van der Waals surface area contributed by atoms with Crippen LogP contribution in [0.25, 0.3) is 0 Å². The van der Waals surface area contributed by atoms with E-state index in [1.165, 1.54) is 0 Å². The molecule has 3 rings (SSSR count). The molecule has 86 valence electrons. The molecule has 1 aromatic rings. The van der Waals surface area contributed by atoms with Crippen molar-refractivity contribution in [1.82, 2.24) is 0 Å². The van der Waals surface area contributed by atoms with Gasteiger partial charge in [-0.2, -0.15) is 0 Å². The summed E-state index contributed by atoms with van der Waals surface area (Å²) in [6, 6.07) is 5.35. The number of ether oxygens (including phenoxy) is 1. The number of hydrogen-bond donors (Lipinski definition) is 2. The molecule has 3 atom stereocenters. The molecule has 2 N–H and O–H groups in total. The quantitative estimate of drug-likeness (QED) is 0.702. The van der Waals surface area contributed by atoms with E-state index in [2.05, 4.69) is 0 Å². The Balaban J connectivity index is 2.04. The first kappa shape index (κ1) is 10.1. The van der Waals surface area contributed by atoms with Gasteiger partial charge in [0.25, 0.3) is 0 Å². The fourth-order valence-electron chi connectivity index (χ4n) is 2.95. The summed E-state index contributed by atoms with van der Waals surface area (Å²) in [4.78, 5) is 0. The predicted octanol–water partition coefficient (Wildman–Crippen LogP) is 1.92. The van der Waals surface area contributed by atoms with Gasteiger partial charge in [0.15, 0.2) is 0 Å². The normalized spacial score (nSPS) is 32.9. The number of phenolic OH excluding ortho intramolecular Hbond substituents is 1. The molecule has 1 aliphatic heterocycles. The molecule has 1 fully saturated rings. The van der Waals surface area contributed by atoms with Crippen molar-refractivity contribution in [2.75, 3.05) is 0 Å². The molecular formula is C13H16O3. The summed E-state index contributed by atoms with van der Waals surface area (Å²) in [6.45, 7) is 0.601. The van der Waals surface area contributed by atoms with Crippen LogP contribution in [0.5, 0.6) is 5.75 Å². The lowest BCUT2D eigenvalue weighted by atomic mass is 9.76. The summed E-state index contributed by atoms with van der Waals surface area (Å²) in [5.74, 6) is 0.321. The van der Waals surface area contributed by atoms with Crippen molar-refractivity contribution in [1.29, 1.82) is 0 Å². The highest BCUT2D eigenvalue weighted by Gasteiger charge is 2.38. The lowest BCUT2D eigenvalue weighted by Gasteiger charge is -2.40. The minimum absolute atomic E-state index is 0.0459. The summed E-state index contributed by atoms with van der Waals surface area (Å²) in [5.41, 5.74) is 2.17. The van der Waals surface area contributed by atoms with Crippen molar-refractivity contribution in [2.24, 2.45) is 0 Å². The molecule has 0 bridgehead atoms. The number of phenols is 1. The molecule has 3 heteroatoms. The van der Waals surface area contributed by atoms with Gasteiger partial charge in [-0.3, -0.25) is 0 Å². The van der Waals surface area contributed by atoms with Crippen molar-refractivity contribution < 1.29 is 14.9 Å². The van der Waals surface area contributed by atoms with Crippen LogP contribution >= 0.6 is 0 Å². The van der Waals surface area contributed by atoms with Gasteiger partial charge < -0.3 is 14.9 Å². The van der Waals surface area contributed by atoms with Gasteiger partial charge in [0.2, 0.25) is 0 Å². The molecule has 3 unspecified atom stereocenters. The Labute approximate surface area is 94.7 Å². The third kappa shape index (κ3) is 1.51. The minimum atomic E-state index is -0.334. The predicted molar refractivity (Wildman–Crippen MR) is 59.3 cm³/mol. The summed E-state index contributed by atoms with van der Waals surface area (Å²) in [5, 5.41) is 19.6. The summed E-state index contributed by atoms with van der Waals surface area (Å²) in [7, 11) is 0. The molecule has 0 amide bonds. The van der Waals surface area contributed by atoms with Gasteiger partial charge in [-0.25, -0.2) is 0 Å². The third-order valence-corrected chi connectivity index (χ3v) is 3.75. The van der Waals surface area contributed by atoms with Gasteiger partial charge in [0.05, 0.1) is 18.8 Å². The Morgan fingerprint density at radius 1 is 1.25 bits per heavy atom. The van der Waals surface area contributed by atoms with Crippen molar-refractivity contribution in [3.8, 4) is 5.75 Å². The Kier molecular flexibility index (Phi) is 2.37. The standard InChI is InChI=1S/C13H16O3/c14-9-5-4-8-7-16-12-3-1-2-11(15)13(12)10(8)6-9/h4-6,11-15H,1-3,7H2. The molecule has 0 aromatic heterocycles. The van der Waals surface area contributed by atoms with Crippen LogP contribution in [0.4, 0.5) is 0 Å². The maximum Gasteiger partial charge on any atom is 0.115 e. The number of hydrogen-bond acceptors (Lipinski definition) is 3. The second-order valence-electron chi connectivity index (χ2n) is 4.76. The molecular weight excluding hydrogens is 204 g/mol. The monoisotopic (exact) mass is 220 g/mol. The molecule has 0 spiro atoms. The van der Waals surface area contributed by atoms with Crippen molar-refractivity contribution in [2.45, 2.75) is 44.0 Å². The van der Waals surface area contributed by atoms with Crippen molar-refractivity contribution in [3.05, 3.63) is 29.3 Å². The van der Waals surface area contributed by atoms with E-state index in [4.69, 9.17) is 4.74 Å². The molecule has 2 aliphatic rings. The van der Waals surface area contributed by atoms with Gasteiger partial charge in [-0.05, 0) is 42.5 Å². The van der Waals surface area contributed by atoms with E-state index >= 15 is 0 Å². The molecule has 1 saturated carbocycles. The fourth-order valence-corrected chi connectivity index (χ4v) is 2.95. The lowest BCUT2D eigenvalue weighted by Crippen LogP contribution is -2.39. The van der Waals surface area contributed by atoms with E-state index in [9.17, 15) is 10.2 Å². The molecule has 0 radical (unpaired) electrons. The summed E-state index contributed by atoms with van der Waals surface area (Å²) in [6.07, 6.45) is 2.66. The molecule has 16 heavy (non-hydrogen) atoms. The smallest absolute Gasteiger partial charge is 0.115 e. The molecule has 3 nitrogen and oxygen atoms in total. The highest BCUT2D eigenvalue weighted by Crippen LogP contribution is 2.41. The van der Waals surface area contributed by atoms with Crippen LogP contribution in [0, 0.1) is 0 Å². The zero-order valence-corrected chi connectivity index (χ0v) is 9.10. The first-order chi connectivity index (χ1) is 7.75. The topological polar surface area (TPSA) is 49.7 Å². The zero-order valence-electron chi connectivity index (χ0n) is 9.10. The van der Waals surface area contributed by atoms with Gasteiger partial charge in [-0.15, -0.1) is 0 Å². The van der Waals surface area contributed by atoms with Gasteiger partial charge in [-0.1, -0.05) is 6.07 Å². The van der Waals surface area contributed by atoms with Crippen LogP contribution < -0.4 is 0 Å². The van der Waals surface area contributed by atoms with Crippen LogP contribution in [0.15, 0.2) is 18.2 Å². The summed E-state index contributed by atoms with van der Waals surface area (Å²) >= 11 is 0. The van der Waals surface area contributed by atoms with E-state index in [-0.39, 0.29) is 23.9 Å². The van der Waals surface area contributed by atoms with Crippen LogP contribution in [-0.4, -0.2) is 22.4 Å². The van der Waals surface area contributed by atoms with Crippen molar-refractivity contribution in [3.63, 3.8) is 0 Å². The Hall–Kier alpha value is -1.06. The second kappa shape index (κ2) is 3.75. The average molecular weight is 220 g/mol. The Bertz CT molecular complexity index is 402. The maximum absolute atomic E-state index is 10.1. The number of aliphatic hydroxyl groups is 1. The second-order valence-corrected chi connectivity index (χ2v) is 4.76. The van der Waals surface area contributed by atoms with Gasteiger partial charge in [0.1, 0.15) is 5.75 Å². The number of rotatable bonds is 0. The van der Waals surface area contributed by atoms with Crippen molar-refractivity contribution >= 4 is 0 Å².